The summed E-state index contributed by atoms with van der Waals surface area (Å²) in [7, 11) is 0. The minimum Gasteiger partial charge on any atom is -0.294 e. The maximum atomic E-state index is 6.03. The van der Waals surface area contributed by atoms with Crippen LogP contribution in [0.1, 0.15) is 16.8 Å². The molecule has 4 heterocycles. The summed E-state index contributed by atoms with van der Waals surface area (Å²) in [5, 5.41) is 5.65. The van der Waals surface area contributed by atoms with Crippen molar-refractivity contribution in [3.63, 3.8) is 0 Å². The molecule has 0 saturated carbocycles. The van der Waals surface area contributed by atoms with Gasteiger partial charge in [-0.25, -0.2) is 14.6 Å². The maximum Gasteiger partial charge on any atom is 0.159 e. The quantitative estimate of drug-likeness (QED) is 0.329. The van der Waals surface area contributed by atoms with Crippen LogP contribution in [0.3, 0.4) is 0 Å². The molecule has 2 aromatic carbocycles. The number of aromatic nitrogens is 5. The number of fused-ring (bicyclic) bond motifs is 1. The molecule has 172 valence electrons. The molecule has 0 aliphatic carbocycles. The van der Waals surface area contributed by atoms with Crippen LogP contribution >= 0.6 is 11.6 Å². The van der Waals surface area contributed by atoms with Gasteiger partial charge in [0.2, 0.25) is 0 Å². The Morgan fingerprint density at radius 3 is 2.49 bits per heavy atom. The molecule has 0 amide bonds. The number of pyridine rings is 1. The molecular weight excluding hydrogens is 456 g/mol. The zero-order valence-electron chi connectivity index (χ0n) is 19.0. The van der Waals surface area contributed by atoms with E-state index in [1.54, 1.807) is 0 Å². The van der Waals surface area contributed by atoms with Crippen molar-refractivity contribution in [3.8, 4) is 28.3 Å². The molecule has 0 unspecified atom stereocenters. The lowest BCUT2D eigenvalue weighted by molar-refractivity contribution is 0.243. The molecule has 0 saturated heterocycles. The number of para-hydroxylation sites is 1. The van der Waals surface area contributed by atoms with Crippen LogP contribution in [0, 0.1) is 0 Å². The van der Waals surface area contributed by atoms with Gasteiger partial charge >= 0.3 is 0 Å². The van der Waals surface area contributed by atoms with Gasteiger partial charge in [0.15, 0.2) is 5.82 Å². The number of hydrogen-bond donors (Lipinski definition) is 0. The Labute approximate surface area is 208 Å². The first-order valence-electron chi connectivity index (χ1n) is 11.6. The van der Waals surface area contributed by atoms with Crippen LogP contribution in [0.2, 0.25) is 5.02 Å². The predicted molar refractivity (Wildman–Crippen MR) is 137 cm³/mol. The topological polar surface area (TPSA) is 59.7 Å². The van der Waals surface area contributed by atoms with Crippen molar-refractivity contribution in [3.05, 3.63) is 113 Å². The lowest BCUT2D eigenvalue weighted by Gasteiger charge is -2.28. The van der Waals surface area contributed by atoms with Gasteiger partial charge in [0.05, 0.1) is 17.1 Å². The zero-order valence-corrected chi connectivity index (χ0v) is 19.8. The third-order valence-corrected chi connectivity index (χ3v) is 6.53. The van der Waals surface area contributed by atoms with Gasteiger partial charge in [-0.2, -0.15) is 5.10 Å². The van der Waals surface area contributed by atoms with Gasteiger partial charge in [0.1, 0.15) is 0 Å². The molecule has 7 heteroatoms. The monoisotopic (exact) mass is 478 g/mol. The van der Waals surface area contributed by atoms with Gasteiger partial charge in [0, 0.05) is 78.1 Å². The van der Waals surface area contributed by atoms with Crippen LogP contribution in [-0.2, 0) is 19.5 Å². The molecule has 0 spiro atoms. The van der Waals surface area contributed by atoms with Crippen LogP contribution in [0.4, 0.5) is 0 Å². The smallest absolute Gasteiger partial charge is 0.159 e. The van der Waals surface area contributed by atoms with Crippen LogP contribution < -0.4 is 0 Å². The first kappa shape index (κ1) is 21.6. The standard InChI is InChI=1S/C28H23ClN6/c29-24-8-6-21(7-9-24)28-31-16-22-17-34(15-12-26(22)32-28)18-23-19-35(25-4-2-1-3-5-25)33-27(23)20-10-13-30-14-11-20/h1-11,13-14,16,19H,12,15,17-18H2. The highest BCUT2D eigenvalue weighted by atomic mass is 35.5. The van der Waals surface area contributed by atoms with Crippen molar-refractivity contribution in [2.75, 3.05) is 6.54 Å². The van der Waals surface area contributed by atoms with Crippen molar-refractivity contribution in [1.29, 1.82) is 0 Å². The fraction of sp³-hybridized carbons (Fsp3) is 0.143. The highest BCUT2D eigenvalue weighted by molar-refractivity contribution is 6.30. The average Bonchev–Trinajstić information content (AvgIpc) is 3.33. The van der Waals surface area contributed by atoms with Gasteiger partial charge in [-0.1, -0.05) is 29.8 Å². The van der Waals surface area contributed by atoms with Crippen LogP contribution in [0.25, 0.3) is 28.3 Å². The molecule has 3 aromatic heterocycles. The molecule has 6 nitrogen and oxygen atoms in total. The molecule has 1 aliphatic heterocycles. The van der Waals surface area contributed by atoms with Gasteiger partial charge in [0.25, 0.3) is 0 Å². The second kappa shape index (κ2) is 9.41. The van der Waals surface area contributed by atoms with Crippen LogP contribution in [-0.4, -0.2) is 36.2 Å². The summed E-state index contributed by atoms with van der Waals surface area (Å²) >= 11 is 6.03. The Bertz CT molecular complexity index is 1450. The second-order valence-corrected chi connectivity index (χ2v) is 9.09. The van der Waals surface area contributed by atoms with Crippen molar-refractivity contribution in [2.45, 2.75) is 19.5 Å². The summed E-state index contributed by atoms with van der Waals surface area (Å²) in [6, 6.07) is 21.9. The molecule has 0 fully saturated rings. The molecule has 5 aromatic rings. The Morgan fingerprint density at radius 2 is 1.69 bits per heavy atom. The zero-order chi connectivity index (χ0) is 23.6. The van der Waals surface area contributed by atoms with E-state index in [1.807, 2.05) is 77.9 Å². The van der Waals surface area contributed by atoms with E-state index >= 15 is 0 Å². The number of benzene rings is 2. The molecule has 0 atom stereocenters. The molecule has 0 radical (unpaired) electrons. The maximum absolute atomic E-state index is 6.03. The van der Waals surface area contributed by atoms with E-state index in [-0.39, 0.29) is 0 Å². The third-order valence-electron chi connectivity index (χ3n) is 6.27. The molecular formula is C28H23ClN6. The van der Waals surface area contributed by atoms with Gasteiger partial charge in [-0.15, -0.1) is 0 Å². The van der Waals surface area contributed by atoms with Crippen molar-refractivity contribution in [2.24, 2.45) is 0 Å². The summed E-state index contributed by atoms with van der Waals surface area (Å²) in [4.78, 5) is 16.1. The lowest BCUT2D eigenvalue weighted by atomic mass is 10.0. The fourth-order valence-corrected chi connectivity index (χ4v) is 4.61. The Hall–Kier alpha value is -3.87. The summed E-state index contributed by atoms with van der Waals surface area (Å²) in [6.45, 7) is 2.53. The van der Waals surface area contributed by atoms with Crippen LogP contribution in [0.5, 0.6) is 0 Å². The van der Waals surface area contributed by atoms with E-state index in [4.69, 9.17) is 21.7 Å². The molecule has 0 bridgehead atoms. The van der Waals surface area contributed by atoms with Gasteiger partial charge in [-0.05, 0) is 48.5 Å². The van der Waals surface area contributed by atoms with E-state index in [2.05, 4.69) is 33.2 Å². The van der Waals surface area contributed by atoms with E-state index < -0.39 is 0 Å². The first-order chi connectivity index (χ1) is 17.2. The Morgan fingerprint density at radius 1 is 0.886 bits per heavy atom. The van der Waals surface area contributed by atoms with Crippen LogP contribution in [0.15, 0.2) is 91.5 Å². The molecule has 0 N–H and O–H groups in total. The number of nitrogens with zero attached hydrogens (tertiary/aromatic N) is 6. The highest BCUT2D eigenvalue weighted by Gasteiger charge is 2.22. The fourth-order valence-electron chi connectivity index (χ4n) is 4.48. The van der Waals surface area contributed by atoms with E-state index in [9.17, 15) is 0 Å². The molecule has 35 heavy (non-hydrogen) atoms. The highest BCUT2D eigenvalue weighted by Crippen LogP contribution is 2.27. The minimum atomic E-state index is 0.712. The van der Waals surface area contributed by atoms with E-state index in [0.717, 1.165) is 60.1 Å². The first-order valence-corrected chi connectivity index (χ1v) is 12.0. The number of halogens is 1. The number of hydrogen-bond acceptors (Lipinski definition) is 5. The number of rotatable bonds is 5. The largest absolute Gasteiger partial charge is 0.294 e. The third kappa shape index (κ3) is 4.58. The van der Waals surface area contributed by atoms with Crippen molar-refractivity contribution >= 4 is 11.6 Å². The Kier molecular flexibility index (Phi) is 5.82. The summed E-state index contributed by atoms with van der Waals surface area (Å²) < 4.78 is 1.96. The normalized spacial score (nSPS) is 13.5. The minimum absolute atomic E-state index is 0.712. The van der Waals surface area contributed by atoms with Gasteiger partial charge < -0.3 is 0 Å². The summed E-state index contributed by atoms with van der Waals surface area (Å²) in [5.74, 6) is 0.748. The lowest BCUT2D eigenvalue weighted by Crippen LogP contribution is -2.31. The Balaban J connectivity index is 1.26. The van der Waals surface area contributed by atoms with Gasteiger partial charge in [-0.3, -0.25) is 9.88 Å². The van der Waals surface area contributed by atoms with Crippen molar-refractivity contribution < 1.29 is 0 Å². The van der Waals surface area contributed by atoms with Crippen molar-refractivity contribution in [1.82, 2.24) is 29.6 Å². The van der Waals surface area contributed by atoms with E-state index in [0.29, 0.717) is 5.02 Å². The second-order valence-electron chi connectivity index (χ2n) is 8.65. The van der Waals surface area contributed by atoms with E-state index in [1.165, 1.54) is 11.1 Å². The average molecular weight is 479 g/mol. The summed E-state index contributed by atoms with van der Waals surface area (Å²) in [6.07, 6.45) is 8.62. The SMILES string of the molecule is Clc1ccc(-c2ncc3c(n2)CCN(Cc2cn(-c4ccccc4)nc2-c2ccncc2)C3)cc1. The summed E-state index contributed by atoms with van der Waals surface area (Å²) in [5.41, 5.74) is 7.55. The predicted octanol–water partition coefficient (Wildman–Crippen LogP) is 5.60. The molecule has 6 rings (SSSR count). The molecule has 1 aliphatic rings.